The van der Waals surface area contributed by atoms with Gasteiger partial charge in [0.15, 0.2) is 5.58 Å². The van der Waals surface area contributed by atoms with Crippen LogP contribution in [0.25, 0.3) is 11.1 Å². The maximum Gasteiger partial charge on any atom is 0.296 e. The van der Waals surface area contributed by atoms with Crippen LogP contribution in [0.5, 0.6) is 0 Å². The van der Waals surface area contributed by atoms with Crippen molar-refractivity contribution in [3.8, 4) is 0 Å². The third-order valence-electron chi connectivity index (χ3n) is 2.46. The van der Waals surface area contributed by atoms with Crippen LogP contribution in [0.15, 0.2) is 40.3 Å². The Bertz CT molecular complexity index is 585. The molecule has 0 radical (unpaired) electrons. The minimum absolute atomic E-state index is 0.100. The Morgan fingerprint density at radius 1 is 1.35 bits per heavy atom. The molecule has 0 amide bonds. The van der Waals surface area contributed by atoms with E-state index in [0.29, 0.717) is 6.01 Å². The SMILES string of the molecule is CC(Nc1nc2ccccc2o1)c1nccs1. The summed E-state index contributed by atoms with van der Waals surface area (Å²) in [6, 6.07) is 8.34. The van der Waals surface area contributed by atoms with Crippen molar-refractivity contribution in [1.29, 1.82) is 0 Å². The number of anilines is 1. The molecular formula is C12H11N3OS. The minimum atomic E-state index is 0.100. The zero-order valence-corrected chi connectivity index (χ0v) is 10.1. The lowest BCUT2D eigenvalue weighted by atomic mass is 10.3. The summed E-state index contributed by atoms with van der Waals surface area (Å²) >= 11 is 1.61. The van der Waals surface area contributed by atoms with Gasteiger partial charge in [-0.2, -0.15) is 4.98 Å². The number of oxazole rings is 1. The van der Waals surface area contributed by atoms with Crippen molar-refractivity contribution in [3.63, 3.8) is 0 Å². The molecule has 1 aromatic carbocycles. The van der Waals surface area contributed by atoms with Gasteiger partial charge in [0.1, 0.15) is 10.5 Å². The van der Waals surface area contributed by atoms with E-state index in [4.69, 9.17) is 4.42 Å². The van der Waals surface area contributed by atoms with E-state index in [1.54, 1.807) is 17.5 Å². The van der Waals surface area contributed by atoms with E-state index in [1.165, 1.54) is 0 Å². The third-order valence-corrected chi connectivity index (χ3v) is 3.41. The first-order chi connectivity index (χ1) is 8.33. The summed E-state index contributed by atoms with van der Waals surface area (Å²) in [6.45, 7) is 2.04. The van der Waals surface area contributed by atoms with E-state index >= 15 is 0 Å². The van der Waals surface area contributed by atoms with Crippen LogP contribution in [0.3, 0.4) is 0 Å². The Morgan fingerprint density at radius 2 is 2.24 bits per heavy atom. The number of nitrogens with one attached hydrogen (secondary N) is 1. The van der Waals surface area contributed by atoms with Crippen LogP contribution >= 0.6 is 11.3 Å². The Labute approximate surface area is 102 Å². The predicted molar refractivity (Wildman–Crippen MR) is 68.2 cm³/mol. The van der Waals surface area contributed by atoms with Gasteiger partial charge in [0.2, 0.25) is 0 Å². The summed E-state index contributed by atoms with van der Waals surface area (Å²) in [7, 11) is 0. The van der Waals surface area contributed by atoms with Crippen LogP contribution in [0.4, 0.5) is 6.01 Å². The molecule has 0 saturated heterocycles. The third kappa shape index (κ3) is 2.01. The highest BCUT2D eigenvalue weighted by molar-refractivity contribution is 7.09. The number of nitrogens with zero attached hydrogens (tertiary/aromatic N) is 2. The average molecular weight is 245 g/mol. The summed E-state index contributed by atoms with van der Waals surface area (Å²) in [4.78, 5) is 8.61. The fourth-order valence-electron chi connectivity index (χ4n) is 1.63. The van der Waals surface area contributed by atoms with E-state index < -0.39 is 0 Å². The summed E-state index contributed by atoms with van der Waals surface area (Å²) in [6.07, 6.45) is 1.80. The van der Waals surface area contributed by atoms with Crippen molar-refractivity contribution < 1.29 is 4.42 Å². The molecule has 0 aliphatic heterocycles. The monoisotopic (exact) mass is 245 g/mol. The van der Waals surface area contributed by atoms with Crippen LogP contribution in [-0.4, -0.2) is 9.97 Å². The van der Waals surface area contributed by atoms with Crippen molar-refractivity contribution >= 4 is 28.5 Å². The van der Waals surface area contributed by atoms with Crippen LogP contribution in [0.2, 0.25) is 0 Å². The maximum atomic E-state index is 5.59. The molecule has 4 nitrogen and oxygen atoms in total. The van der Waals surface area contributed by atoms with Gasteiger partial charge >= 0.3 is 0 Å². The standard InChI is InChI=1S/C12H11N3OS/c1-8(11-13-6-7-17-11)14-12-15-9-4-2-3-5-10(9)16-12/h2-8H,1H3,(H,14,15). The number of hydrogen-bond donors (Lipinski definition) is 1. The van der Waals surface area contributed by atoms with Crippen LogP contribution in [0.1, 0.15) is 18.0 Å². The lowest BCUT2D eigenvalue weighted by molar-refractivity contribution is 0.603. The zero-order chi connectivity index (χ0) is 11.7. The molecule has 3 aromatic rings. The molecule has 2 heterocycles. The summed E-state index contributed by atoms with van der Waals surface area (Å²) in [5, 5.41) is 6.18. The second kappa shape index (κ2) is 4.18. The molecular weight excluding hydrogens is 234 g/mol. The van der Waals surface area contributed by atoms with Gasteiger partial charge in [-0.25, -0.2) is 4.98 Å². The maximum absolute atomic E-state index is 5.59. The first kappa shape index (κ1) is 10.3. The van der Waals surface area contributed by atoms with Crippen molar-refractivity contribution in [2.24, 2.45) is 0 Å². The predicted octanol–water partition coefficient (Wildman–Crippen LogP) is 3.46. The lowest BCUT2D eigenvalue weighted by Gasteiger charge is -2.07. The van der Waals surface area contributed by atoms with E-state index in [2.05, 4.69) is 15.3 Å². The molecule has 1 atom stereocenters. The van der Waals surface area contributed by atoms with Crippen molar-refractivity contribution in [3.05, 3.63) is 40.8 Å². The summed E-state index contributed by atoms with van der Waals surface area (Å²) in [5.74, 6) is 0. The molecule has 86 valence electrons. The number of rotatable bonds is 3. The molecule has 17 heavy (non-hydrogen) atoms. The number of benzene rings is 1. The van der Waals surface area contributed by atoms with Crippen LogP contribution < -0.4 is 5.32 Å². The number of hydrogen-bond acceptors (Lipinski definition) is 5. The van der Waals surface area contributed by atoms with E-state index in [0.717, 1.165) is 16.1 Å². The Balaban J connectivity index is 1.85. The molecule has 5 heteroatoms. The van der Waals surface area contributed by atoms with Gasteiger partial charge < -0.3 is 9.73 Å². The number of aromatic nitrogens is 2. The highest BCUT2D eigenvalue weighted by Crippen LogP contribution is 2.23. The lowest BCUT2D eigenvalue weighted by Crippen LogP contribution is -2.05. The molecule has 0 bridgehead atoms. The van der Waals surface area contributed by atoms with Gasteiger partial charge in [0.25, 0.3) is 6.01 Å². The Morgan fingerprint density at radius 3 is 3.00 bits per heavy atom. The fraction of sp³-hybridized carbons (Fsp3) is 0.167. The zero-order valence-electron chi connectivity index (χ0n) is 9.25. The van der Waals surface area contributed by atoms with Crippen LogP contribution in [0, 0.1) is 0 Å². The second-order valence-electron chi connectivity index (χ2n) is 3.72. The minimum Gasteiger partial charge on any atom is -0.424 e. The van der Waals surface area contributed by atoms with Gasteiger partial charge in [-0.3, -0.25) is 0 Å². The van der Waals surface area contributed by atoms with E-state index in [9.17, 15) is 0 Å². The van der Waals surface area contributed by atoms with Crippen LogP contribution in [-0.2, 0) is 0 Å². The van der Waals surface area contributed by atoms with Crippen molar-refractivity contribution in [2.45, 2.75) is 13.0 Å². The van der Waals surface area contributed by atoms with Gasteiger partial charge in [-0.1, -0.05) is 12.1 Å². The van der Waals surface area contributed by atoms with Gasteiger partial charge in [-0.15, -0.1) is 11.3 Å². The van der Waals surface area contributed by atoms with Gasteiger partial charge in [-0.05, 0) is 19.1 Å². The average Bonchev–Trinajstić information content (AvgIpc) is 2.97. The Kier molecular flexibility index (Phi) is 2.53. The highest BCUT2D eigenvalue weighted by Gasteiger charge is 2.11. The Hall–Kier alpha value is -1.88. The van der Waals surface area contributed by atoms with E-state index in [-0.39, 0.29) is 6.04 Å². The molecule has 1 unspecified atom stereocenters. The first-order valence-electron chi connectivity index (χ1n) is 5.34. The van der Waals surface area contributed by atoms with Gasteiger partial charge in [0.05, 0.1) is 6.04 Å². The fourth-order valence-corrected chi connectivity index (χ4v) is 2.28. The van der Waals surface area contributed by atoms with Crippen molar-refractivity contribution in [1.82, 2.24) is 9.97 Å². The molecule has 0 aliphatic rings. The molecule has 0 saturated carbocycles. The molecule has 3 rings (SSSR count). The normalized spacial score (nSPS) is 12.8. The van der Waals surface area contributed by atoms with Gasteiger partial charge in [0, 0.05) is 11.6 Å². The largest absolute Gasteiger partial charge is 0.424 e. The number of fused-ring (bicyclic) bond motifs is 1. The molecule has 2 aromatic heterocycles. The molecule has 0 spiro atoms. The number of thiazole rings is 1. The number of para-hydroxylation sites is 2. The summed E-state index contributed by atoms with van der Waals surface area (Å²) < 4.78 is 5.59. The molecule has 0 fully saturated rings. The first-order valence-corrected chi connectivity index (χ1v) is 6.22. The van der Waals surface area contributed by atoms with Crippen molar-refractivity contribution in [2.75, 3.05) is 5.32 Å². The topological polar surface area (TPSA) is 51.0 Å². The summed E-state index contributed by atoms with van der Waals surface area (Å²) in [5.41, 5.74) is 1.66. The highest BCUT2D eigenvalue weighted by atomic mass is 32.1. The van der Waals surface area contributed by atoms with E-state index in [1.807, 2.05) is 36.6 Å². The second-order valence-corrected chi connectivity index (χ2v) is 4.65. The smallest absolute Gasteiger partial charge is 0.296 e. The quantitative estimate of drug-likeness (QED) is 0.767. The molecule has 0 aliphatic carbocycles. The molecule has 1 N–H and O–H groups in total.